The molecule has 0 aliphatic carbocycles. The van der Waals surface area contributed by atoms with E-state index in [9.17, 15) is 22.0 Å². The van der Waals surface area contributed by atoms with Crippen molar-refractivity contribution in [3.63, 3.8) is 0 Å². The molecule has 0 saturated heterocycles. The minimum Gasteiger partial charge on any atom is -0.346 e. The fourth-order valence-corrected chi connectivity index (χ4v) is 5.24. The Hall–Kier alpha value is -3.43. The number of carbonyl (C=O) groups is 1. The van der Waals surface area contributed by atoms with Gasteiger partial charge in [-0.15, -0.1) is 11.3 Å². The Morgan fingerprint density at radius 2 is 1.55 bits per heavy atom. The lowest BCUT2D eigenvalue weighted by molar-refractivity contribution is 0.0950. The predicted octanol–water partition coefficient (Wildman–Crippen LogP) is 5.09. The van der Waals surface area contributed by atoms with Crippen LogP contribution in [0, 0.1) is 11.6 Å². The standard InChI is InChI=1S/C24H18F2N2O3S2/c1-33(30,31)20-5-3-2-4-19(20)22-21(16-8-12-18(26)13-9-16)28-24(32-22)23(29)27-14-15-6-10-17(25)11-7-15/h2-13H,14H2,1H3,(H,27,29). The van der Waals surface area contributed by atoms with Gasteiger partial charge in [-0.2, -0.15) is 0 Å². The van der Waals surface area contributed by atoms with Crippen LogP contribution in [0.3, 0.4) is 0 Å². The van der Waals surface area contributed by atoms with Gasteiger partial charge in [0.25, 0.3) is 5.91 Å². The Morgan fingerprint density at radius 3 is 2.18 bits per heavy atom. The molecule has 1 heterocycles. The second-order valence-corrected chi connectivity index (χ2v) is 10.3. The molecule has 1 aromatic heterocycles. The van der Waals surface area contributed by atoms with Crippen molar-refractivity contribution in [1.29, 1.82) is 0 Å². The van der Waals surface area contributed by atoms with E-state index in [1.807, 2.05) is 0 Å². The van der Waals surface area contributed by atoms with E-state index >= 15 is 0 Å². The molecule has 1 N–H and O–H groups in total. The summed E-state index contributed by atoms with van der Waals surface area (Å²) in [5.41, 5.74) is 2.05. The van der Waals surface area contributed by atoms with Crippen molar-refractivity contribution in [2.24, 2.45) is 0 Å². The minimum atomic E-state index is -3.56. The number of thiazole rings is 1. The molecular weight excluding hydrogens is 466 g/mol. The summed E-state index contributed by atoms with van der Waals surface area (Å²) in [6.07, 6.45) is 1.11. The van der Waals surface area contributed by atoms with Crippen LogP contribution in [0.4, 0.5) is 8.78 Å². The number of halogens is 2. The summed E-state index contributed by atoms with van der Waals surface area (Å²) >= 11 is 1.05. The van der Waals surface area contributed by atoms with Crippen LogP contribution in [0.25, 0.3) is 21.7 Å². The molecule has 0 spiro atoms. The first kappa shape index (κ1) is 22.8. The summed E-state index contributed by atoms with van der Waals surface area (Å²) < 4.78 is 51.3. The second-order valence-electron chi connectivity index (χ2n) is 7.28. The van der Waals surface area contributed by atoms with E-state index in [0.717, 1.165) is 17.6 Å². The van der Waals surface area contributed by atoms with E-state index in [1.54, 1.807) is 30.3 Å². The van der Waals surface area contributed by atoms with Crippen LogP contribution >= 0.6 is 11.3 Å². The molecule has 0 unspecified atom stereocenters. The van der Waals surface area contributed by atoms with Crippen molar-refractivity contribution in [2.75, 3.05) is 6.26 Å². The summed E-state index contributed by atoms with van der Waals surface area (Å²) in [6.45, 7) is 0.167. The molecule has 168 valence electrons. The fraction of sp³-hybridized carbons (Fsp3) is 0.0833. The van der Waals surface area contributed by atoms with E-state index in [-0.39, 0.29) is 22.3 Å². The Bertz CT molecular complexity index is 1420. The smallest absolute Gasteiger partial charge is 0.280 e. The maximum absolute atomic E-state index is 13.5. The number of nitrogens with zero attached hydrogens (tertiary/aromatic N) is 1. The van der Waals surface area contributed by atoms with Crippen LogP contribution in [0.15, 0.2) is 77.7 Å². The van der Waals surface area contributed by atoms with Gasteiger partial charge in [0, 0.05) is 23.9 Å². The fourth-order valence-electron chi connectivity index (χ4n) is 3.24. The Labute approximate surface area is 193 Å². The number of hydrogen-bond donors (Lipinski definition) is 1. The molecular formula is C24H18F2N2O3S2. The van der Waals surface area contributed by atoms with E-state index in [1.165, 1.54) is 42.5 Å². The zero-order valence-electron chi connectivity index (χ0n) is 17.4. The van der Waals surface area contributed by atoms with Gasteiger partial charge < -0.3 is 5.32 Å². The maximum Gasteiger partial charge on any atom is 0.280 e. The molecule has 0 aliphatic heterocycles. The maximum atomic E-state index is 13.5. The normalized spacial score (nSPS) is 11.4. The molecule has 1 amide bonds. The number of amides is 1. The number of sulfone groups is 1. The monoisotopic (exact) mass is 484 g/mol. The first-order chi connectivity index (χ1) is 15.7. The first-order valence-corrected chi connectivity index (χ1v) is 12.5. The molecule has 0 aliphatic rings. The molecule has 3 aromatic carbocycles. The lowest BCUT2D eigenvalue weighted by atomic mass is 10.1. The van der Waals surface area contributed by atoms with Gasteiger partial charge in [0.2, 0.25) is 0 Å². The number of hydrogen-bond acceptors (Lipinski definition) is 5. The van der Waals surface area contributed by atoms with Gasteiger partial charge in [-0.1, -0.05) is 30.3 Å². The van der Waals surface area contributed by atoms with Crippen LogP contribution in [-0.2, 0) is 16.4 Å². The molecule has 33 heavy (non-hydrogen) atoms. The van der Waals surface area contributed by atoms with E-state index in [0.29, 0.717) is 27.3 Å². The van der Waals surface area contributed by atoms with Gasteiger partial charge in [0.05, 0.1) is 15.5 Å². The molecule has 5 nitrogen and oxygen atoms in total. The largest absolute Gasteiger partial charge is 0.346 e. The Morgan fingerprint density at radius 1 is 0.939 bits per heavy atom. The van der Waals surface area contributed by atoms with Gasteiger partial charge in [-0.3, -0.25) is 4.79 Å². The van der Waals surface area contributed by atoms with Crippen molar-refractivity contribution in [3.05, 3.63) is 95.0 Å². The van der Waals surface area contributed by atoms with Crippen molar-refractivity contribution < 1.29 is 22.0 Å². The van der Waals surface area contributed by atoms with Crippen LogP contribution in [0.2, 0.25) is 0 Å². The molecule has 4 rings (SSSR count). The summed E-state index contributed by atoms with van der Waals surface area (Å²) in [4.78, 5) is 17.9. The summed E-state index contributed by atoms with van der Waals surface area (Å²) in [6, 6.07) is 17.8. The second kappa shape index (κ2) is 9.21. The molecule has 0 radical (unpaired) electrons. The molecule has 4 aromatic rings. The average molecular weight is 485 g/mol. The number of benzene rings is 3. The van der Waals surface area contributed by atoms with Crippen LogP contribution < -0.4 is 5.32 Å². The van der Waals surface area contributed by atoms with Crippen LogP contribution in [0.1, 0.15) is 15.4 Å². The molecule has 0 saturated carbocycles. The first-order valence-electron chi connectivity index (χ1n) is 9.81. The lowest BCUT2D eigenvalue weighted by Crippen LogP contribution is -2.22. The highest BCUT2D eigenvalue weighted by molar-refractivity contribution is 7.90. The van der Waals surface area contributed by atoms with E-state index in [2.05, 4.69) is 10.3 Å². The third-order valence-corrected chi connectivity index (χ3v) is 7.08. The number of aromatic nitrogens is 1. The zero-order valence-corrected chi connectivity index (χ0v) is 19.0. The third-order valence-electron chi connectivity index (χ3n) is 4.84. The summed E-state index contributed by atoms with van der Waals surface area (Å²) in [5.74, 6) is -1.26. The third kappa shape index (κ3) is 5.15. The van der Waals surface area contributed by atoms with Crippen LogP contribution in [-0.4, -0.2) is 25.6 Å². The van der Waals surface area contributed by atoms with Crippen molar-refractivity contribution in [3.8, 4) is 21.7 Å². The van der Waals surface area contributed by atoms with E-state index in [4.69, 9.17) is 0 Å². The summed E-state index contributed by atoms with van der Waals surface area (Å²) in [5, 5.41) is 2.86. The topological polar surface area (TPSA) is 76.1 Å². The molecule has 0 fully saturated rings. The number of nitrogens with one attached hydrogen (secondary N) is 1. The minimum absolute atomic E-state index is 0.107. The van der Waals surface area contributed by atoms with Crippen molar-refractivity contribution in [2.45, 2.75) is 11.4 Å². The number of carbonyl (C=O) groups excluding carboxylic acids is 1. The van der Waals surface area contributed by atoms with Crippen molar-refractivity contribution >= 4 is 27.1 Å². The zero-order chi connectivity index (χ0) is 23.6. The van der Waals surface area contributed by atoms with Gasteiger partial charge in [-0.25, -0.2) is 22.2 Å². The highest BCUT2D eigenvalue weighted by atomic mass is 32.2. The predicted molar refractivity (Wildman–Crippen MR) is 124 cm³/mol. The van der Waals surface area contributed by atoms with E-state index < -0.39 is 21.6 Å². The molecule has 0 bridgehead atoms. The average Bonchev–Trinajstić information content (AvgIpc) is 3.24. The highest BCUT2D eigenvalue weighted by Gasteiger charge is 2.23. The van der Waals surface area contributed by atoms with Gasteiger partial charge in [0.1, 0.15) is 11.6 Å². The quantitative estimate of drug-likeness (QED) is 0.414. The number of rotatable bonds is 6. The van der Waals surface area contributed by atoms with Gasteiger partial charge in [0.15, 0.2) is 14.8 Å². The summed E-state index contributed by atoms with van der Waals surface area (Å²) in [7, 11) is -3.56. The van der Waals surface area contributed by atoms with Crippen LogP contribution in [0.5, 0.6) is 0 Å². The molecule has 0 atom stereocenters. The van der Waals surface area contributed by atoms with Gasteiger partial charge in [-0.05, 0) is 48.0 Å². The van der Waals surface area contributed by atoms with Gasteiger partial charge >= 0.3 is 0 Å². The highest BCUT2D eigenvalue weighted by Crippen LogP contribution is 2.39. The Kier molecular flexibility index (Phi) is 6.35. The Balaban J connectivity index is 1.76. The molecule has 9 heteroatoms. The SMILES string of the molecule is CS(=O)(=O)c1ccccc1-c1sc(C(=O)NCc2ccc(F)cc2)nc1-c1ccc(F)cc1. The lowest BCUT2D eigenvalue weighted by Gasteiger charge is -2.08. The van der Waals surface area contributed by atoms with Crippen molar-refractivity contribution in [1.82, 2.24) is 10.3 Å².